The van der Waals surface area contributed by atoms with Crippen molar-refractivity contribution in [3.8, 4) is 5.75 Å². The first kappa shape index (κ1) is 19.1. The molecule has 0 spiro atoms. The highest BCUT2D eigenvalue weighted by Gasteiger charge is 2.36. The van der Waals surface area contributed by atoms with E-state index in [0.29, 0.717) is 16.4 Å². The Labute approximate surface area is 170 Å². The van der Waals surface area contributed by atoms with Gasteiger partial charge in [0.2, 0.25) is 0 Å². The van der Waals surface area contributed by atoms with Crippen molar-refractivity contribution in [2.75, 3.05) is 7.11 Å². The Hall–Kier alpha value is -3.19. The van der Waals surface area contributed by atoms with Gasteiger partial charge >= 0.3 is 0 Å². The van der Waals surface area contributed by atoms with Crippen molar-refractivity contribution >= 4 is 22.7 Å². The highest BCUT2D eigenvalue weighted by atomic mass is 32.2. The molecule has 1 amide bonds. The monoisotopic (exact) mass is 410 g/mol. The first-order valence-electron chi connectivity index (χ1n) is 8.80. The van der Waals surface area contributed by atoms with Gasteiger partial charge in [0, 0.05) is 11.1 Å². The lowest BCUT2D eigenvalue weighted by molar-refractivity contribution is 0.0743. The van der Waals surface area contributed by atoms with Crippen LogP contribution in [0.4, 0.5) is 8.78 Å². The number of thioether (sulfide) groups is 1. The third kappa shape index (κ3) is 3.73. The third-order valence-corrected chi connectivity index (χ3v) is 5.67. The van der Waals surface area contributed by atoms with E-state index < -0.39 is 17.1 Å². The Kier molecular flexibility index (Phi) is 5.31. The minimum atomic E-state index is -0.619. The van der Waals surface area contributed by atoms with E-state index in [-0.39, 0.29) is 11.4 Å². The van der Waals surface area contributed by atoms with Crippen LogP contribution >= 0.6 is 11.8 Å². The minimum Gasteiger partial charge on any atom is -0.496 e. The zero-order valence-corrected chi connectivity index (χ0v) is 16.2. The molecule has 1 atom stereocenters. The molecule has 0 aromatic heterocycles. The molecule has 3 aromatic rings. The van der Waals surface area contributed by atoms with Crippen LogP contribution in [-0.4, -0.2) is 23.1 Å². The number of para-hydroxylation sites is 1. The second-order valence-corrected chi connectivity index (χ2v) is 7.32. The Balaban J connectivity index is 1.78. The number of benzene rings is 3. The summed E-state index contributed by atoms with van der Waals surface area (Å²) in [7, 11) is 1.54. The number of hydrogen-bond donors (Lipinski definition) is 0. The number of methoxy groups -OCH3 is 1. The summed E-state index contributed by atoms with van der Waals surface area (Å²) in [5.41, 5.74) is 1.32. The lowest BCUT2D eigenvalue weighted by Crippen LogP contribution is -2.27. The summed E-state index contributed by atoms with van der Waals surface area (Å²) in [6.45, 7) is 0. The van der Waals surface area contributed by atoms with E-state index in [0.717, 1.165) is 5.56 Å². The van der Waals surface area contributed by atoms with Gasteiger partial charge in [-0.3, -0.25) is 4.79 Å². The van der Waals surface area contributed by atoms with Crippen molar-refractivity contribution in [3.63, 3.8) is 0 Å². The minimum absolute atomic E-state index is 0.0721. The number of hydrogen-bond acceptors (Lipinski definition) is 4. The number of halogens is 2. The number of rotatable bonds is 4. The first-order valence-corrected chi connectivity index (χ1v) is 9.68. The Morgan fingerprint density at radius 3 is 2.41 bits per heavy atom. The maximum absolute atomic E-state index is 14.3. The van der Waals surface area contributed by atoms with E-state index in [9.17, 15) is 13.6 Å². The number of hydrazone groups is 1. The maximum atomic E-state index is 14.3. The van der Waals surface area contributed by atoms with Crippen molar-refractivity contribution in [2.24, 2.45) is 5.10 Å². The highest BCUT2D eigenvalue weighted by molar-refractivity contribution is 8.14. The van der Waals surface area contributed by atoms with Crippen LogP contribution in [0.1, 0.15) is 26.9 Å². The van der Waals surface area contributed by atoms with Gasteiger partial charge < -0.3 is 4.74 Å². The summed E-state index contributed by atoms with van der Waals surface area (Å²) in [6.07, 6.45) is 0. The topological polar surface area (TPSA) is 41.9 Å². The molecule has 29 heavy (non-hydrogen) atoms. The number of carbonyl (C=O) groups excluding carboxylic acids is 1. The fourth-order valence-corrected chi connectivity index (χ4v) is 4.21. The van der Waals surface area contributed by atoms with E-state index >= 15 is 0 Å². The van der Waals surface area contributed by atoms with Crippen molar-refractivity contribution < 1.29 is 18.3 Å². The molecule has 1 aliphatic rings. The second kappa shape index (κ2) is 8.05. The maximum Gasteiger partial charge on any atom is 0.278 e. The molecule has 4 rings (SSSR count). The average Bonchev–Trinajstić information content (AvgIpc) is 3.19. The molecule has 7 heteroatoms. The fraction of sp³-hybridized carbons (Fsp3) is 0.0909. The predicted octanol–water partition coefficient (Wildman–Crippen LogP) is 5.22. The van der Waals surface area contributed by atoms with Crippen LogP contribution in [0.15, 0.2) is 77.9 Å². The van der Waals surface area contributed by atoms with Crippen LogP contribution in [0.3, 0.4) is 0 Å². The normalized spacial score (nSPS) is 15.9. The molecule has 0 aliphatic carbocycles. The number of amides is 1. The number of ether oxygens (including phenoxy) is 1. The number of carbonyl (C=O) groups is 1. The summed E-state index contributed by atoms with van der Waals surface area (Å²) in [5, 5.41) is 5.68. The zero-order chi connectivity index (χ0) is 20.4. The summed E-state index contributed by atoms with van der Waals surface area (Å²) >= 11 is 1.32. The van der Waals surface area contributed by atoms with Crippen LogP contribution in [0, 0.1) is 11.6 Å². The van der Waals surface area contributed by atoms with Crippen LogP contribution in [-0.2, 0) is 0 Å². The van der Waals surface area contributed by atoms with E-state index in [1.807, 2.05) is 18.2 Å². The smallest absolute Gasteiger partial charge is 0.278 e. The Morgan fingerprint density at radius 1 is 1.00 bits per heavy atom. The molecule has 0 fully saturated rings. The van der Waals surface area contributed by atoms with Gasteiger partial charge in [0.25, 0.3) is 5.91 Å². The summed E-state index contributed by atoms with van der Waals surface area (Å²) in [5.74, 6) is -0.958. The molecule has 0 bridgehead atoms. The highest BCUT2D eigenvalue weighted by Crippen LogP contribution is 2.45. The summed E-state index contributed by atoms with van der Waals surface area (Å²) < 4.78 is 33.0. The standard InChI is InChI=1S/C22H16F2N2O2S/c1-28-19-9-5-3-7-17(19)22-26(21(27)16-6-2-4-8-18(16)24)25-20(29-22)14-10-12-15(23)13-11-14/h2-13,22H,1H3. The molecule has 1 unspecified atom stereocenters. The third-order valence-electron chi connectivity index (χ3n) is 4.45. The molecule has 0 N–H and O–H groups in total. The van der Waals surface area contributed by atoms with Crippen molar-refractivity contribution in [2.45, 2.75) is 5.37 Å². The van der Waals surface area contributed by atoms with E-state index in [2.05, 4.69) is 5.10 Å². The van der Waals surface area contributed by atoms with Gasteiger partial charge in [0.1, 0.15) is 27.8 Å². The van der Waals surface area contributed by atoms with Gasteiger partial charge in [-0.15, -0.1) is 0 Å². The quantitative estimate of drug-likeness (QED) is 0.592. The molecule has 146 valence electrons. The van der Waals surface area contributed by atoms with Crippen molar-refractivity contribution in [1.29, 1.82) is 0 Å². The van der Waals surface area contributed by atoms with Crippen LogP contribution in [0.25, 0.3) is 0 Å². The number of nitrogens with zero attached hydrogens (tertiary/aromatic N) is 2. The average molecular weight is 410 g/mol. The predicted molar refractivity (Wildman–Crippen MR) is 109 cm³/mol. The lowest BCUT2D eigenvalue weighted by Gasteiger charge is -2.22. The molecule has 3 aromatic carbocycles. The van der Waals surface area contributed by atoms with E-state index in [4.69, 9.17) is 4.74 Å². The summed E-state index contributed by atoms with van der Waals surface area (Å²) in [6, 6.07) is 18.9. The molecule has 0 saturated heterocycles. The van der Waals surface area contributed by atoms with Gasteiger partial charge in [-0.05, 0) is 42.5 Å². The van der Waals surface area contributed by atoms with Gasteiger partial charge in [0.15, 0.2) is 0 Å². The lowest BCUT2D eigenvalue weighted by atomic mass is 10.1. The second-order valence-electron chi connectivity index (χ2n) is 6.25. The Bertz CT molecular complexity index is 1090. The van der Waals surface area contributed by atoms with Crippen LogP contribution in [0.5, 0.6) is 5.75 Å². The fourth-order valence-electron chi connectivity index (χ4n) is 3.02. The van der Waals surface area contributed by atoms with Gasteiger partial charge in [-0.25, -0.2) is 13.8 Å². The largest absolute Gasteiger partial charge is 0.496 e. The van der Waals surface area contributed by atoms with Gasteiger partial charge in [0.05, 0.1) is 12.7 Å². The zero-order valence-electron chi connectivity index (χ0n) is 15.4. The summed E-state index contributed by atoms with van der Waals surface area (Å²) in [4.78, 5) is 13.1. The van der Waals surface area contributed by atoms with E-state index in [1.165, 1.54) is 47.1 Å². The molecule has 4 nitrogen and oxygen atoms in total. The SMILES string of the molecule is COc1ccccc1C1SC(c2ccc(F)cc2)=NN1C(=O)c1ccccc1F. The molecule has 1 aliphatic heterocycles. The molecule has 1 heterocycles. The van der Waals surface area contributed by atoms with E-state index in [1.54, 1.807) is 31.4 Å². The van der Waals surface area contributed by atoms with Crippen molar-refractivity contribution in [3.05, 3.63) is 101 Å². The molecular formula is C22H16F2N2O2S. The molecule has 0 radical (unpaired) electrons. The van der Waals surface area contributed by atoms with Crippen molar-refractivity contribution in [1.82, 2.24) is 5.01 Å². The molecular weight excluding hydrogens is 394 g/mol. The van der Waals surface area contributed by atoms with Crippen LogP contribution in [0.2, 0.25) is 0 Å². The van der Waals surface area contributed by atoms with Crippen LogP contribution < -0.4 is 4.74 Å². The van der Waals surface area contributed by atoms with Gasteiger partial charge in [-0.2, -0.15) is 5.10 Å². The molecule has 0 saturated carbocycles. The first-order chi connectivity index (χ1) is 14.1. The Morgan fingerprint density at radius 2 is 1.69 bits per heavy atom. The van der Waals surface area contributed by atoms with Gasteiger partial charge in [-0.1, -0.05) is 42.1 Å².